The van der Waals surface area contributed by atoms with E-state index in [9.17, 15) is 13.2 Å². The first-order valence-corrected chi connectivity index (χ1v) is 10.0. The van der Waals surface area contributed by atoms with Gasteiger partial charge in [0.2, 0.25) is 0 Å². The molecule has 1 aromatic heterocycles. The molecule has 3 rings (SSSR count). The van der Waals surface area contributed by atoms with Crippen molar-refractivity contribution in [2.45, 2.75) is 4.90 Å². The molecular weight excluding hydrogens is 457 g/mol. The van der Waals surface area contributed by atoms with Crippen molar-refractivity contribution in [2.75, 3.05) is 11.6 Å². The topological polar surface area (TPSA) is 102 Å². The molecule has 2 aromatic carbocycles. The number of sulfone groups is 1. The lowest BCUT2D eigenvalue weighted by molar-refractivity contribution is 0.102. The number of nitrogens with one attached hydrogen (secondary N) is 1. The Hall–Kier alpha value is -2.27. The van der Waals surface area contributed by atoms with E-state index in [1.807, 2.05) is 6.07 Å². The molecule has 0 spiro atoms. The van der Waals surface area contributed by atoms with E-state index >= 15 is 0 Å². The second kappa shape index (κ2) is 6.92. The van der Waals surface area contributed by atoms with Gasteiger partial charge in [-0.05, 0) is 46.9 Å². The van der Waals surface area contributed by atoms with Gasteiger partial charge in [0.1, 0.15) is 0 Å². The maximum absolute atomic E-state index is 12.3. The number of amides is 1. The van der Waals surface area contributed by atoms with Gasteiger partial charge in [0.15, 0.2) is 9.84 Å². The summed E-state index contributed by atoms with van der Waals surface area (Å²) in [5.41, 5.74) is 0.756. The number of nitrogens with zero attached hydrogens (tertiary/aromatic N) is 2. The minimum Gasteiger partial charge on any atom is -0.403 e. The van der Waals surface area contributed by atoms with Crippen LogP contribution in [0.25, 0.3) is 11.5 Å². The standard InChI is InChI=1S/C16H12IN3O4S/c1-25(22,23)13-9-5-3-7-11(13)15-19-20-16(24-15)18-14(21)10-6-2-4-8-12(10)17/h2-9H,1H3,(H,18,20,21). The molecular formula is C16H12IN3O4S. The van der Waals surface area contributed by atoms with Crippen LogP contribution in [0, 0.1) is 3.57 Å². The summed E-state index contributed by atoms with van der Waals surface area (Å²) >= 11 is 2.05. The van der Waals surface area contributed by atoms with Gasteiger partial charge in [-0.1, -0.05) is 29.4 Å². The van der Waals surface area contributed by atoms with E-state index < -0.39 is 15.7 Å². The highest BCUT2D eigenvalue weighted by Gasteiger charge is 2.19. The molecule has 1 heterocycles. The molecule has 1 N–H and O–H groups in total. The molecule has 7 nitrogen and oxygen atoms in total. The van der Waals surface area contributed by atoms with E-state index in [4.69, 9.17) is 4.42 Å². The van der Waals surface area contributed by atoms with Crippen LogP contribution in [-0.2, 0) is 9.84 Å². The first kappa shape index (κ1) is 17.5. The third kappa shape index (κ3) is 3.87. The smallest absolute Gasteiger partial charge is 0.322 e. The van der Waals surface area contributed by atoms with Gasteiger partial charge in [-0.2, -0.15) is 0 Å². The molecule has 25 heavy (non-hydrogen) atoms. The monoisotopic (exact) mass is 469 g/mol. The predicted molar refractivity (Wildman–Crippen MR) is 100.0 cm³/mol. The van der Waals surface area contributed by atoms with Gasteiger partial charge >= 0.3 is 6.01 Å². The second-order valence-corrected chi connectivity index (χ2v) is 8.26. The maximum atomic E-state index is 12.3. The van der Waals surface area contributed by atoms with Gasteiger partial charge in [0.05, 0.1) is 16.0 Å². The zero-order valence-electron chi connectivity index (χ0n) is 12.9. The molecule has 0 fully saturated rings. The third-order valence-electron chi connectivity index (χ3n) is 3.28. The summed E-state index contributed by atoms with van der Waals surface area (Å²) < 4.78 is 29.9. The summed E-state index contributed by atoms with van der Waals surface area (Å²) in [6.07, 6.45) is 1.10. The number of anilines is 1. The van der Waals surface area contributed by atoms with Crippen LogP contribution in [0.1, 0.15) is 10.4 Å². The Morgan fingerprint density at radius 1 is 1.08 bits per heavy atom. The average molecular weight is 469 g/mol. The van der Waals surface area contributed by atoms with Gasteiger partial charge in [-0.25, -0.2) is 8.42 Å². The summed E-state index contributed by atoms with van der Waals surface area (Å²) in [7, 11) is -3.46. The lowest BCUT2D eigenvalue weighted by Crippen LogP contribution is -2.13. The zero-order chi connectivity index (χ0) is 18.0. The predicted octanol–water partition coefficient (Wildman–Crippen LogP) is 3.00. The van der Waals surface area contributed by atoms with Crippen molar-refractivity contribution in [3.8, 4) is 11.5 Å². The number of carbonyl (C=O) groups excluding carboxylic acids is 1. The molecule has 0 bridgehead atoms. The van der Waals surface area contributed by atoms with Crippen LogP contribution in [-0.4, -0.2) is 30.8 Å². The van der Waals surface area contributed by atoms with Gasteiger partial charge in [-0.15, -0.1) is 5.10 Å². The molecule has 0 unspecified atom stereocenters. The minimum absolute atomic E-state index is 0.0130. The first-order valence-electron chi connectivity index (χ1n) is 7.05. The molecule has 1 amide bonds. The fourth-order valence-corrected chi connectivity index (χ4v) is 3.67. The molecule has 0 saturated carbocycles. The van der Waals surface area contributed by atoms with E-state index in [0.29, 0.717) is 5.56 Å². The zero-order valence-corrected chi connectivity index (χ0v) is 15.9. The molecule has 9 heteroatoms. The Kier molecular flexibility index (Phi) is 4.86. The number of carbonyl (C=O) groups is 1. The van der Waals surface area contributed by atoms with Crippen LogP contribution >= 0.6 is 22.6 Å². The molecule has 0 atom stereocenters. The van der Waals surface area contributed by atoms with Crippen molar-refractivity contribution >= 4 is 44.3 Å². The Bertz CT molecular complexity index is 1050. The highest BCUT2D eigenvalue weighted by molar-refractivity contribution is 14.1. The van der Waals surface area contributed by atoms with Crippen LogP contribution < -0.4 is 5.32 Å². The number of hydrogen-bond acceptors (Lipinski definition) is 6. The summed E-state index contributed by atoms with van der Waals surface area (Å²) in [6.45, 7) is 0. The van der Waals surface area contributed by atoms with Crippen LogP contribution in [0.3, 0.4) is 0 Å². The normalized spacial score (nSPS) is 11.3. The van der Waals surface area contributed by atoms with E-state index in [-0.39, 0.29) is 22.4 Å². The fourth-order valence-electron chi connectivity index (χ4n) is 2.16. The van der Waals surface area contributed by atoms with Crippen LogP contribution in [0.2, 0.25) is 0 Å². The van der Waals surface area contributed by atoms with Crippen molar-refractivity contribution in [1.82, 2.24) is 10.2 Å². The van der Waals surface area contributed by atoms with E-state index in [1.54, 1.807) is 36.4 Å². The van der Waals surface area contributed by atoms with Crippen molar-refractivity contribution in [1.29, 1.82) is 0 Å². The van der Waals surface area contributed by atoms with Gasteiger partial charge in [0, 0.05) is 9.83 Å². The number of rotatable bonds is 4. The molecule has 0 saturated heterocycles. The average Bonchev–Trinajstić information content (AvgIpc) is 3.03. The summed E-state index contributed by atoms with van der Waals surface area (Å²) in [5, 5.41) is 10.1. The Labute approximate surface area is 157 Å². The fraction of sp³-hybridized carbons (Fsp3) is 0.0625. The van der Waals surface area contributed by atoms with E-state index in [1.165, 1.54) is 6.07 Å². The third-order valence-corrected chi connectivity index (χ3v) is 5.38. The van der Waals surface area contributed by atoms with Crippen molar-refractivity contribution in [3.63, 3.8) is 0 Å². The number of aromatic nitrogens is 2. The molecule has 0 aliphatic rings. The van der Waals surface area contributed by atoms with E-state index in [2.05, 4.69) is 38.1 Å². The van der Waals surface area contributed by atoms with E-state index in [0.717, 1.165) is 9.83 Å². The highest BCUT2D eigenvalue weighted by atomic mass is 127. The highest BCUT2D eigenvalue weighted by Crippen LogP contribution is 2.27. The Morgan fingerprint density at radius 3 is 2.48 bits per heavy atom. The molecule has 3 aromatic rings. The van der Waals surface area contributed by atoms with Crippen molar-refractivity contribution in [3.05, 3.63) is 57.7 Å². The van der Waals surface area contributed by atoms with Crippen LogP contribution in [0.5, 0.6) is 0 Å². The van der Waals surface area contributed by atoms with Crippen molar-refractivity contribution < 1.29 is 17.6 Å². The van der Waals surface area contributed by atoms with Gasteiger partial charge in [-0.3, -0.25) is 10.1 Å². The van der Waals surface area contributed by atoms with Gasteiger partial charge in [0.25, 0.3) is 11.8 Å². The molecule has 0 aliphatic heterocycles. The SMILES string of the molecule is CS(=O)(=O)c1ccccc1-c1nnc(NC(=O)c2ccccc2I)o1. The lowest BCUT2D eigenvalue weighted by Gasteiger charge is -2.04. The summed E-state index contributed by atoms with van der Waals surface area (Å²) in [5.74, 6) is -0.379. The minimum atomic E-state index is -3.46. The summed E-state index contributed by atoms with van der Waals surface area (Å²) in [4.78, 5) is 12.3. The lowest BCUT2D eigenvalue weighted by atomic mass is 10.2. The Morgan fingerprint density at radius 2 is 1.76 bits per heavy atom. The summed E-state index contributed by atoms with van der Waals surface area (Å²) in [6, 6.07) is 13.2. The van der Waals surface area contributed by atoms with Crippen LogP contribution in [0.4, 0.5) is 6.01 Å². The number of halogens is 1. The molecule has 128 valence electrons. The van der Waals surface area contributed by atoms with Crippen molar-refractivity contribution in [2.24, 2.45) is 0 Å². The van der Waals surface area contributed by atoms with Crippen LogP contribution in [0.15, 0.2) is 57.8 Å². The maximum Gasteiger partial charge on any atom is 0.322 e. The second-order valence-electron chi connectivity index (χ2n) is 5.11. The quantitative estimate of drug-likeness (QED) is 0.590. The number of benzene rings is 2. The first-order chi connectivity index (χ1) is 11.9. The molecule has 0 radical (unpaired) electrons. The molecule has 0 aliphatic carbocycles. The largest absolute Gasteiger partial charge is 0.403 e. The van der Waals surface area contributed by atoms with Gasteiger partial charge < -0.3 is 4.42 Å². The number of hydrogen-bond donors (Lipinski definition) is 1. The Balaban J connectivity index is 1.90.